The molecule has 2 rings (SSSR count). The van der Waals surface area contributed by atoms with Crippen molar-refractivity contribution >= 4 is 10.7 Å². The Bertz CT molecular complexity index is 803. The largest absolute Gasteiger partial charge is 0.487 e. The van der Waals surface area contributed by atoms with Crippen molar-refractivity contribution in [1.29, 1.82) is 0 Å². The molecule has 0 aliphatic heterocycles. The number of hydrogen-bond acceptors (Lipinski definition) is 5. The van der Waals surface area contributed by atoms with Gasteiger partial charge in [0.2, 0.25) is 11.8 Å². The molecule has 132 valence electrons. The molecule has 0 N–H and O–H groups in total. The SMILES string of the molecule is [C-]#[N+]N=S(CC)c1cccnc1Oc1cc(OCC(C)(F)F)ccn1. The first-order chi connectivity index (χ1) is 11.9. The fraction of sp³-hybridized carbons (Fsp3) is 0.312. The van der Waals surface area contributed by atoms with Gasteiger partial charge in [-0.2, -0.15) is 6.57 Å². The van der Waals surface area contributed by atoms with Crippen LogP contribution >= 0.6 is 0 Å². The highest BCUT2D eigenvalue weighted by molar-refractivity contribution is 7.87. The lowest BCUT2D eigenvalue weighted by Crippen LogP contribution is -2.20. The average Bonchev–Trinajstić information content (AvgIpc) is 2.58. The van der Waals surface area contributed by atoms with Gasteiger partial charge < -0.3 is 9.47 Å². The number of nitrogens with zero attached hydrogens (tertiary/aromatic N) is 4. The summed E-state index contributed by atoms with van der Waals surface area (Å²) in [5, 5.41) is 0. The van der Waals surface area contributed by atoms with Crippen molar-refractivity contribution in [3.63, 3.8) is 0 Å². The maximum atomic E-state index is 12.9. The molecule has 9 heteroatoms. The Morgan fingerprint density at radius 2 is 2.12 bits per heavy atom. The Labute approximate surface area is 146 Å². The Hall–Kier alpha value is -2.60. The first-order valence-electron chi connectivity index (χ1n) is 7.31. The van der Waals surface area contributed by atoms with Gasteiger partial charge in [-0.05, 0) is 18.2 Å². The van der Waals surface area contributed by atoms with E-state index < -0.39 is 23.2 Å². The summed E-state index contributed by atoms with van der Waals surface area (Å²) < 4.78 is 40.4. The van der Waals surface area contributed by atoms with E-state index in [1.54, 1.807) is 18.3 Å². The van der Waals surface area contributed by atoms with E-state index in [1.807, 2.05) is 6.92 Å². The molecule has 6 nitrogen and oxygen atoms in total. The molecule has 0 radical (unpaired) electrons. The van der Waals surface area contributed by atoms with Crippen molar-refractivity contribution in [2.45, 2.75) is 24.7 Å². The highest BCUT2D eigenvalue weighted by Gasteiger charge is 2.22. The molecular weight excluding hydrogens is 350 g/mol. The second kappa shape index (κ2) is 8.48. The van der Waals surface area contributed by atoms with Crippen LogP contribution in [0.4, 0.5) is 8.78 Å². The third-order valence-corrected chi connectivity index (χ3v) is 4.45. The number of pyridine rings is 2. The zero-order valence-electron chi connectivity index (χ0n) is 13.6. The molecule has 0 aliphatic rings. The van der Waals surface area contributed by atoms with E-state index in [0.717, 1.165) is 6.92 Å². The molecule has 1 atom stereocenters. The zero-order valence-corrected chi connectivity index (χ0v) is 14.5. The van der Waals surface area contributed by atoms with Gasteiger partial charge in [-0.3, -0.25) is 0 Å². The first-order valence-corrected chi connectivity index (χ1v) is 8.66. The smallest absolute Gasteiger partial charge is 0.278 e. The number of aromatic nitrogens is 2. The Morgan fingerprint density at radius 1 is 1.32 bits per heavy atom. The summed E-state index contributed by atoms with van der Waals surface area (Å²) in [7, 11) is -0.675. The predicted octanol–water partition coefficient (Wildman–Crippen LogP) is 4.32. The molecule has 0 amide bonds. The number of rotatable bonds is 7. The van der Waals surface area contributed by atoms with Crippen molar-refractivity contribution in [3.8, 4) is 17.5 Å². The molecule has 1 unspecified atom stereocenters. The van der Waals surface area contributed by atoms with E-state index >= 15 is 0 Å². The van der Waals surface area contributed by atoms with Gasteiger partial charge in [-0.15, -0.1) is 4.95 Å². The Kier molecular flexibility index (Phi) is 6.36. The van der Waals surface area contributed by atoms with Crippen molar-refractivity contribution in [3.05, 3.63) is 48.2 Å². The molecule has 25 heavy (non-hydrogen) atoms. The van der Waals surface area contributed by atoms with E-state index in [2.05, 4.69) is 19.4 Å². The van der Waals surface area contributed by atoms with Gasteiger partial charge >= 0.3 is 0 Å². The van der Waals surface area contributed by atoms with Crippen LogP contribution in [-0.4, -0.2) is 28.3 Å². The Balaban J connectivity index is 2.23. The van der Waals surface area contributed by atoms with Crippen LogP contribution in [0, 0.1) is 6.57 Å². The number of halogens is 2. The molecule has 0 saturated carbocycles. The Morgan fingerprint density at radius 3 is 2.80 bits per heavy atom. The topological polar surface area (TPSA) is 61.0 Å². The average molecular weight is 366 g/mol. The monoisotopic (exact) mass is 366 g/mol. The highest BCUT2D eigenvalue weighted by Crippen LogP contribution is 2.27. The second-order valence-electron chi connectivity index (χ2n) is 4.93. The molecule has 2 aromatic rings. The lowest BCUT2D eigenvalue weighted by atomic mass is 10.4. The van der Waals surface area contributed by atoms with E-state index in [1.165, 1.54) is 18.3 Å². The van der Waals surface area contributed by atoms with Crippen LogP contribution in [0.1, 0.15) is 13.8 Å². The maximum absolute atomic E-state index is 12.9. The number of hydrogen-bond donors (Lipinski definition) is 0. The quantitative estimate of drug-likeness (QED) is 0.541. The molecule has 0 saturated heterocycles. The molecule has 2 aromatic heterocycles. The predicted molar refractivity (Wildman–Crippen MR) is 89.9 cm³/mol. The molecular formula is C16H16F2N4O2S. The second-order valence-corrected chi connectivity index (χ2v) is 6.84. The van der Waals surface area contributed by atoms with Gasteiger partial charge in [0.05, 0.1) is 4.90 Å². The van der Waals surface area contributed by atoms with Crippen molar-refractivity contribution in [1.82, 2.24) is 9.97 Å². The third-order valence-electron chi connectivity index (χ3n) is 2.80. The van der Waals surface area contributed by atoms with Gasteiger partial charge in [0.1, 0.15) is 10.2 Å². The number of alkyl halides is 2. The van der Waals surface area contributed by atoms with Crippen LogP contribution in [0.15, 0.2) is 46.0 Å². The normalized spacial score (nSPS) is 12.4. The summed E-state index contributed by atoms with van der Waals surface area (Å²) >= 11 is 0. The lowest BCUT2D eigenvalue weighted by Gasteiger charge is -2.13. The van der Waals surface area contributed by atoms with Crippen LogP contribution in [0.5, 0.6) is 17.5 Å². The summed E-state index contributed by atoms with van der Waals surface area (Å²) in [5.74, 6) is -1.67. The lowest BCUT2D eigenvalue weighted by molar-refractivity contribution is -0.0230. The van der Waals surface area contributed by atoms with E-state index in [0.29, 0.717) is 10.6 Å². The van der Waals surface area contributed by atoms with Gasteiger partial charge in [-0.25, -0.2) is 18.7 Å². The molecule has 0 bridgehead atoms. The molecule has 2 heterocycles. The first kappa shape index (κ1) is 18.7. The number of ether oxygens (including phenoxy) is 2. The minimum absolute atomic E-state index is 0.152. The molecule has 0 aromatic carbocycles. The third kappa shape index (κ3) is 5.76. The summed E-state index contributed by atoms with van der Waals surface area (Å²) in [4.78, 5) is 12.0. The van der Waals surface area contributed by atoms with Crippen LogP contribution < -0.4 is 9.47 Å². The summed E-state index contributed by atoms with van der Waals surface area (Å²) in [6.45, 7) is 8.86. The molecule has 0 aliphatic carbocycles. The zero-order chi connectivity index (χ0) is 18.3. The van der Waals surface area contributed by atoms with Gasteiger partial charge in [-0.1, -0.05) is 6.92 Å². The van der Waals surface area contributed by atoms with Gasteiger partial charge in [0.25, 0.3) is 5.92 Å². The van der Waals surface area contributed by atoms with Crippen LogP contribution in [0.25, 0.3) is 4.95 Å². The van der Waals surface area contributed by atoms with Crippen molar-refractivity contribution in [2.24, 2.45) is 4.47 Å². The highest BCUT2D eigenvalue weighted by atomic mass is 32.2. The van der Waals surface area contributed by atoms with Crippen LogP contribution in [0.3, 0.4) is 0 Å². The van der Waals surface area contributed by atoms with Crippen molar-refractivity contribution in [2.75, 3.05) is 12.4 Å². The summed E-state index contributed by atoms with van der Waals surface area (Å²) in [5.41, 5.74) is 0. The fourth-order valence-electron chi connectivity index (χ4n) is 1.78. The van der Waals surface area contributed by atoms with E-state index in [4.69, 9.17) is 16.0 Å². The molecule has 0 spiro atoms. The minimum atomic E-state index is -2.94. The van der Waals surface area contributed by atoms with E-state index in [9.17, 15) is 8.78 Å². The summed E-state index contributed by atoms with van der Waals surface area (Å²) in [6, 6.07) is 6.37. The van der Waals surface area contributed by atoms with E-state index in [-0.39, 0.29) is 17.5 Å². The van der Waals surface area contributed by atoms with Gasteiger partial charge in [0, 0.05) is 41.8 Å². The maximum Gasteiger partial charge on any atom is 0.278 e. The fourth-order valence-corrected chi connectivity index (χ4v) is 2.93. The summed E-state index contributed by atoms with van der Waals surface area (Å²) in [6.07, 6.45) is 2.94. The van der Waals surface area contributed by atoms with Crippen LogP contribution in [-0.2, 0) is 10.7 Å². The van der Waals surface area contributed by atoms with Crippen molar-refractivity contribution < 1.29 is 18.3 Å². The molecule has 0 fully saturated rings. The van der Waals surface area contributed by atoms with Gasteiger partial charge in [0.15, 0.2) is 6.61 Å². The van der Waals surface area contributed by atoms with Crippen LogP contribution in [0.2, 0.25) is 0 Å². The minimum Gasteiger partial charge on any atom is -0.487 e. The standard InChI is InChI=1S/C16H16F2N4O2S/c1-4-25(22-19-3)13-6-5-8-21-15(13)24-14-10-12(7-9-20-14)23-11-16(2,17)18/h5-10H,4,11H2,1-2H3.